The second kappa shape index (κ2) is 15.3. The Bertz CT molecular complexity index is 1220. The van der Waals surface area contributed by atoms with Crippen LogP contribution in [0.4, 0.5) is 4.39 Å². The number of carbonyl (C=O) groups is 2. The van der Waals surface area contributed by atoms with Gasteiger partial charge in [0, 0.05) is 31.0 Å². The predicted molar refractivity (Wildman–Crippen MR) is 140 cm³/mol. The first kappa shape index (κ1) is 32.7. The van der Waals surface area contributed by atoms with Gasteiger partial charge >= 0.3 is 29.6 Å². The Morgan fingerprint density at radius 3 is 2.26 bits per heavy atom. The molecule has 204 valence electrons. The number of rotatable bonds is 13. The zero-order chi connectivity index (χ0) is 27.8. The van der Waals surface area contributed by atoms with Crippen molar-refractivity contribution in [2.45, 2.75) is 70.6 Å². The molecule has 0 aliphatic carbocycles. The van der Waals surface area contributed by atoms with E-state index in [1.807, 2.05) is 55.7 Å². The van der Waals surface area contributed by atoms with E-state index in [2.05, 4.69) is 10.3 Å². The van der Waals surface area contributed by atoms with Crippen LogP contribution in [0, 0.1) is 5.82 Å². The number of nitrogens with zero attached hydrogens (tertiary/aromatic N) is 2. The first-order valence-corrected chi connectivity index (χ1v) is 12.8. The van der Waals surface area contributed by atoms with Gasteiger partial charge in [0.25, 0.3) is 5.91 Å². The molecule has 1 aromatic heterocycles. The van der Waals surface area contributed by atoms with Crippen LogP contribution < -0.4 is 40.0 Å². The number of nitrogens with one attached hydrogen (secondary N) is 1. The largest absolute Gasteiger partial charge is 1.00 e. The number of aliphatic carboxylic acids is 1. The number of halogens is 1. The molecule has 0 saturated carbocycles. The van der Waals surface area contributed by atoms with E-state index < -0.39 is 30.4 Å². The van der Waals surface area contributed by atoms with Crippen LogP contribution in [0.25, 0.3) is 11.4 Å². The van der Waals surface area contributed by atoms with Gasteiger partial charge in [-0.15, -0.1) is 0 Å². The Morgan fingerprint density at radius 1 is 1.03 bits per heavy atom. The summed E-state index contributed by atoms with van der Waals surface area (Å²) in [4.78, 5) is 28.8. The maximum atomic E-state index is 13.6. The monoisotopic (exact) mass is 547 g/mol. The molecule has 10 heteroatoms. The standard InChI is InChI=1S/C29H36FN3O5.Na/c1-18(2)27-26(29(38)31-17-19(3)20-7-5-4-6-8-20)32-28(21-9-11-22(30)12-10-21)33(27)14-13-23(34)15-24(35)16-25(36)37;/h4-12,18-19,23-24,34-35H,13-17H2,1-3H3,(H,31,38)(H,36,37);/q;+1/p-1/t19-,23-,24-;/m1./s1. The number of hydrogen-bond donors (Lipinski definition) is 3. The molecule has 1 amide bonds. The van der Waals surface area contributed by atoms with Crippen molar-refractivity contribution in [1.82, 2.24) is 14.9 Å². The van der Waals surface area contributed by atoms with E-state index in [1.165, 1.54) is 12.1 Å². The van der Waals surface area contributed by atoms with Crippen molar-refractivity contribution in [3.8, 4) is 11.4 Å². The van der Waals surface area contributed by atoms with Crippen LogP contribution in [0.15, 0.2) is 54.6 Å². The maximum absolute atomic E-state index is 13.6. The first-order chi connectivity index (χ1) is 18.1. The van der Waals surface area contributed by atoms with Crippen LogP contribution in [-0.4, -0.2) is 50.4 Å². The van der Waals surface area contributed by atoms with E-state index in [-0.39, 0.29) is 72.4 Å². The molecule has 3 aromatic rings. The molecule has 3 N–H and O–H groups in total. The van der Waals surface area contributed by atoms with Gasteiger partial charge in [0.05, 0.1) is 17.9 Å². The van der Waals surface area contributed by atoms with Gasteiger partial charge in [-0.2, -0.15) is 0 Å². The number of aliphatic hydroxyl groups is 2. The summed E-state index contributed by atoms with van der Waals surface area (Å²) in [6.45, 7) is 6.56. The molecule has 3 atom stereocenters. The minimum Gasteiger partial charge on any atom is -0.550 e. The van der Waals surface area contributed by atoms with Crippen LogP contribution >= 0.6 is 0 Å². The fraction of sp³-hybridized carbons (Fsp3) is 0.414. The number of carbonyl (C=O) groups excluding carboxylic acids is 2. The van der Waals surface area contributed by atoms with Gasteiger partial charge in [-0.1, -0.05) is 51.1 Å². The smallest absolute Gasteiger partial charge is 0.550 e. The SMILES string of the molecule is CC(C)c1c(C(=O)NC[C@@H](C)c2ccccc2)nc(-c2ccc(F)cc2)n1CC[C@@H](O)C[C@@H](O)CC(=O)[O-].[Na+]. The van der Waals surface area contributed by atoms with E-state index in [0.29, 0.717) is 23.6 Å². The first-order valence-electron chi connectivity index (χ1n) is 12.8. The van der Waals surface area contributed by atoms with Crippen molar-refractivity contribution in [1.29, 1.82) is 0 Å². The average molecular weight is 548 g/mol. The van der Waals surface area contributed by atoms with Gasteiger partial charge in [-0.25, -0.2) is 9.37 Å². The van der Waals surface area contributed by atoms with E-state index in [0.717, 1.165) is 5.56 Å². The molecule has 8 nitrogen and oxygen atoms in total. The number of carboxylic acid groups (broad SMARTS) is 1. The molecule has 2 aromatic carbocycles. The molecule has 0 radical (unpaired) electrons. The van der Waals surface area contributed by atoms with Crippen molar-refractivity contribution in [2.75, 3.05) is 6.54 Å². The summed E-state index contributed by atoms with van der Waals surface area (Å²) in [6, 6.07) is 15.6. The molecular weight excluding hydrogens is 512 g/mol. The third kappa shape index (κ3) is 9.25. The van der Waals surface area contributed by atoms with Gasteiger partial charge in [0.1, 0.15) is 17.3 Å². The Morgan fingerprint density at radius 2 is 1.67 bits per heavy atom. The van der Waals surface area contributed by atoms with Gasteiger partial charge in [0.15, 0.2) is 0 Å². The van der Waals surface area contributed by atoms with Crippen molar-refractivity contribution in [3.63, 3.8) is 0 Å². The number of benzene rings is 2. The third-order valence-electron chi connectivity index (χ3n) is 6.44. The number of aliphatic hydroxyl groups excluding tert-OH is 2. The minimum atomic E-state index is -1.39. The summed E-state index contributed by atoms with van der Waals surface area (Å²) >= 11 is 0. The van der Waals surface area contributed by atoms with Crippen molar-refractivity contribution >= 4 is 11.9 Å². The molecule has 0 unspecified atom stereocenters. The summed E-state index contributed by atoms with van der Waals surface area (Å²) < 4.78 is 15.5. The van der Waals surface area contributed by atoms with Crippen LogP contribution in [0.1, 0.15) is 73.6 Å². The number of carboxylic acids is 1. The molecule has 39 heavy (non-hydrogen) atoms. The van der Waals surface area contributed by atoms with Crippen LogP contribution in [-0.2, 0) is 11.3 Å². The Labute approximate surface area is 250 Å². The number of amides is 1. The normalized spacial score (nSPS) is 13.4. The zero-order valence-corrected chi connectivity index (χ0v) is 24.9. The Balaban J connectivity index is 0.00000533. The fourth-order valence-corrected chi connectivity index (χ4v) is 4.48. The van der Waals surface area contributed by atoms with Crippen molar-refractivity contribution < 1.29 is 58.9 Å². The molecule has 0 aliphatic heterocycles. The average Bonchev–Trinajstić information content (AvgIpc) is 3.26. The topological polar surface area (TPSA) is 128 Å². The van der Waals surface area contributed by atoms with E-state index in [4.69, 9.17) is 0 Å². The molecule has 0 fully saturated rings. The van der Waals surface area contributed by atoms with E-state index >= 15 is 0 Å². The van der Waals surface area contributed by atoms with Gasteiger partial charge < -0.3 is 30.0 Å². The number of hydrogen-bond acceptors (Lipinski definition) is 6. The van der Waals surface area contributed by atoms with Gasteiger partial charge in [0.2, 0.25) is 0 Å². The molecule has 0 bridgehead atoms. The van der Waals surface area contributed by atoms with Crippen molar-refractivity contribution in [3.05, 3.63) is 77.4 Å². The molecular formula is C29H35FN3NaO5. The van der Waals surface area contributed by atoms with Crippen molar-refractivity contribution in [2.24, 2.45) is 0 Å². The molecule has 0 saturated heterocycles. The summed E-state index contributed by atoms with van der Waals surface area (Å²) in [6.07, 6.45) is -2.73. The zero-order valence-electron chi connectivity index (χ0n) is 22.9. The van der Waals surface area contributed by atoms with Crippen LogP contribution in [0.2, 0.25) is 0 Å². The number of aromatic nitrogens is 2. The molecule has 0 spiro atoms. The summed E-state index contributed by atoms with van der Waals surface area (Å²) in [5.41, 5.74) is 2.63. The Hall–Kier alpha value is -2.56. The van der Waals surface area contributed by atoms with E-state index in [9.17, 15) is 29.3 Å². The summed E-state index contributed by atoms with van der Waals surface area (Å²) in [5.74, 6) is -1.69. The molecule has 1 heterocycles. The van der Waals surface area contributed by atoms with Crippen LogP contribution in [0.3, 0.4) is 0 Å². The van der Waals surface area contributed by atoms with Gasteiger partial charge in [-0.3, -0.25) is 4.79 Å². The summed E-state index contributed by atoms with van der Waals surface area (Å²) in [5, 5.41) is 34.0. The second-order valence-electron chi connectivity index (χ2n) is 9.91. The number of imidazole rings is 1. The van der Waals surface area contributed by atoms with E-state index in [1.54, 1.807) is 12.1 Å². The predicted octanol–water partition coefficient (Wildman–Crippen LogP) is -0.00790. The third-order valence-corrected chi connectivity index (χ3v) is 6.44. The second-order valence-corrected chi connectivity index (χ2v) is 9.91. The molecule has 0 aliphatic rings. The Kier molecular flexibility index (Phi) is 12.8. The maximum Gasteiger partial charge on any atom is 1.00 e. The fourth-order valence-electron chi connectivity index (χ4n) is 4.48. The quantitative estimate of drug-likeness (QED) is 0.259. The summed E-state index contributed by atoms with van der Waals surface area (Å²) in [7, 11) is 0. The molecule has 3 rings (SSSR count). The van der Waals surface area contributed by atoms with Crippen LogP contribution in [0.5, 0.6) is 0 Å². The van der Waals surface area contributed by atoms with Gasteiger partial charge in [-0.05, 0) is 54.5 Å². The minimum absolute atomic E-state index is 0.